The minimum Gasteiger partial charge on any atom is -0.493 e. The quantitative estimate of drug-likeness (QED) is 0.523. The van der Waals surface area contributed by atoms with Gasteiger partial charge in [-0.15, -0.1) is 0 Å². The summed E-state index contributed by atoms with van der Waals surface area (Å²) in [6.45, 7) is 10.5. The average molecular weight is 369 g/mol. The van der Waals surface area contributed by atoms with Crippen LogP contribution < -0.4 is 14.8 Å². The van der Waals surface area contributed by atoms with Crippen LogP contribution in [0.15, 0.2) is 18.2 Å². The molecule has 26 heavy (non-hydrogen) atoms. The molecule has 1 rings (SSSR count). The second-order valence-corrected chi connectivity index (χ2v) is 7.91. The minimum absolute atomic E-state index is 0.139. The summed E-state index contributed by atoms with van der Waals surface area (Å²) in [4.78, 5) is 2.08. The molecule has 0 aromatic heterocycles. The first-order valence-electron chi connectivity index (χ1n) is 9.18. The summed E-state index contributed by atoms with van der Waals surface area (Å²) in [5.41, 5.74) is 0.904. The molecule has 1 atom stereocenters. The molecule has 0 fully saturated rings. The van der Waals surface area contributed by atoms with Gasteiger partial charge in [0.2, 0.25) is 0 Å². The number of rotatable bonds is 12. The molecule has 0 heterocycles. The number of methoxy groups -OCH3 is 1. The summed E-state index contributed by atoms with van der Waals surface area (Å²) in [7, 11) is 3.58. The van der Waals surface area contributed by atoms with Gasteiger partial charge in [0.15, 0.2) is 11.5 Å². The maximum absolute atomic E-state index is 10.2. The van der Waals surface area contributed by atoms with Gasteiger partial charge in [-0.2, -0.15) is 0 Å². The number of nitrogens with zero attached hydrogens (tertiary/aromatic N) is 1. The van der Waals surface area contributed by atoms with Gasteiger partial charge < -0.3 is 29.9 Å². The van der Waals surface area contributed by atoms with Crippen LogP contribution in [0.1, 0.15) is 33.3 Å². The van der Waals surface area contributed by atoms with E-state index in [1.54, 1.807) is 7.11 Å². The lowest BCUT2D eigenvalue weighted by Gasteiger charge is -2.24. The number of hydrogen-bond acceptors (Lipinski definition) is 6. The zero-order valence-corrected chi connectivity index (χ0v) is 17.1. The molecule has 6 nitrogen and oxygen atoms in total. The summed E-state index contributed by atoms with van der Waals surface area (Å²) >= 11 is 0. The Kier molecular flexibility index (Phi) is 9.36. The van der Waals surface area contributed by atoms with E-state index in [-0.39, 0.29) is 18.6 Å². The van der Waals surface area contributed by atoms with E-state index in [0.717, 1.165) is 5.56 Å². The van der Waals surface area contributed by atoms with Crippen LogP contribution in [-0.4, -0.2) is 67.7 Å². The number of nitrogens with one attached hydrogen (secondary N) is 1. The van der Waals surface area contributed by atoms with Crippen molar-refractivity contribution >= 4 is 0 Å². The largest absolute Gasteiger partial charge is 0.493 e. The number of hydrogen-bond donors (Lipinski definition) is 3. The fourth-order valence-corrected chi connectivity index (χ4v) is 2.33. The van der Waals surface area contributed by atoms with E-state index in [0.29, 0.717) is 37.2 Å². The normalized spacial score (nSPS) is 13.3. The predicted octanol–water partition coefficient (Wildman–Crippen LogP) is 1.88. The first-order valence-corrected chi connectivity index (χ1v) is 9.18. The van der Waals surface area contributed by atoms with Crippen LogP contribution in [-0.2, 0) is 6.54 Å². The lowest BCUT2D eigenvalue weighted by atomic mass is 9.95. The molecule has 3 N–H and O–H groups in total. The summed E-state index contributed by atoms with van der Waals surface area (Å²) in [5, 5.41) is 22.8. The number of aliphatic hydroxyl groups is 2. The third kappa shape index (κ3) is 7.91. The van der Waals surface area contributed by atoms with Gasteiger partial charge in [-0.3, -0.25) is 0 Å². The van der Waals surface area contributed by atoms with Crippen LogP contribution in [0.3, 0.4) is 0 Å². The van der Waals surface area contributed by atoms with Crippen LogP contribution in [0.4, 0.5) is 0 Å². The van der Waals surface area contributed by atoms with E-state index >= 15 is 0 Å². The van der Waals surface area contributed by atoms with Gasteiger partial charge >= 0.3 is 0 Å². The minimum atomic E-state index is -0.570. The van der Waals surface area contributed by atoms with Gasteiger partial charge in [0.1, 0.15) is 12.7 Å². The first-order chi connectivity index (χ1) is 12.2. The van der Waals surface area contributed by atoms with Crippen LogP contribution in [0.2, 0.25) is 0 Å². The maximum atomic E-state index is 10.2. The molecule has 0 aliphatic carbocycles. The first kappa shape index (κ1) is 22.7. The summed E-state index contributed by atoms with van der Waals surface area (Å²) in [5.74, 6) is 1.27. The van der Waals surface area contributed by atoms with Crippen molar-refractivity contribution in [2.75, 3.05) is 40.5 Å². The van der Waals surface area contributed by atoms with Crippen molar-refractivity contribution in [1.29, 1.82) is 0 Å². The van der Waals surface area contributed by atoms with Crippen LogP contribution in [0.25, 0.3) is 0 Å². The summed E-state index contributed by atoms with van der Waals surface area (Å²) in [6.07, 6.45) is -0.570. The zero-order chi connectivity index (χ0) is 19.7. The van der Waals surface area contributed by atoms with Gasteiger partial charge in [-0.25, -0.2) is 0 Å². The third-order valence-electron chi connectivity index (χ3n) is 4.40. The average Bonchev–Trinajstić information content (AvgIpc) is 2.59. The second-order valence-electron chi connectivity index (χ2n) is 7.91. The van der Waals surface area contributed by atoms with Crippen molar-refractivity contribution in [3.05, 3.63) is 23.8 Å². The fourth-order valence-electron chi connectivity index (χ4n) is 2.33. The lowest BCUT2D eigenvalue weighted by molar-refractivity contribution is 0.0668. The zero-order valence-electron chi connectivity index (χ0n) is 17.1. The van der Waals surface area contributed by atoms with Crippen molar-refractivity contribution in [1.82, 2.24) is 10.2 Å². The number of ether oxygens (including phenoxy) is 2. The van der Waals surface area contributed by atoms with E-state index in [4.69, 9.17) is 9.47 Å². The van der Waals surface area contributed by atoms with Crippen molar-refractivity contribution < 1.29 is 19.7 Å². The molecule has 6 heteroatoms. The van der Waals surface area contributed by atoms with E-state index in [1.165, 1.54) is 0 Å². The lowest BCUT2D eigenvalue weighted by Crippen LogP contribution is -2.37. The molecular formula is C20H36N2O4. The van der Waals surface area contributed by atoms with Crippen molar-refractivity contribution in [3.8, 4) is 11.5 Å². The fraction of sp³-hybridized carbons (Fsp3) is 0.700. The standard InChI is InChI=1S/C20H36N2O4/c1-15(2)22(5)11-17(24)12-26-19-9-16(7-8-18(19)25-6)10-21-13-20(3,4)14-23/h7-9,15,17,21,23-24H,10-14H2,1-6H3. The molecular weight excluding hydrogens is 332 g/mol. The highest BCUT2D eigenvalue weighted by atomic mass is 16.5. The molecule has 0 saturated heterocycles. The Morgan fingerprint density at radius 1 is 1.23 bits per heavy atom. The molecule has 0 aliphatic rings. The summed E-state index contributed by atoms with van der Waals surface area (Å²) < 4.78 is 11.2. The van der Waals surface area contributed by atoms with E-state index in [1.807, 2.05) is 39.1 Å². The Hall–Kier alpha value is -1.34. The Morgan fingerprint density at radius 3 is 2.50 bits per heavy atom. The highest BCUT2D eigenvalue weighted by Crippen LogP contribution is 2.28. The number of aliphatic hydroxyl groups excluding tert-OH is 2. The predicted molar refractivity (Wildman–Crippen MR) is 105 cm³/mol. The van der Waals surface area contributed by atoms with Crippen LogP contribution in [0.5, 0.6) is 11.5 Å². The molecule has 0 aliphatic heterocycles. The molecule has 0 spiro atoms. The molecule has 1 aromatic rings. The van der Waals surface area contributed by atoms with Gasteiger partial charge in [0, 0.05) is 37.7 Å². The van der Waals surface area contributed by atoms with Gasteiger partial charge in [0.25, 0.3) is 0 Å². The second kappa shape index (κ2) is 10.7. The van der Waals surface area contributed by atoms with Crippen LogP contribution >= 0.6 is 0 Å². The topological polar surface area (TPSA) is 74.2 Å². The van der Waals surface area contributed by atoms with Crippen LogP contribution in [0, 0.1) is 5.41 Å². The monoisotopic (exact) mass is 368 g/mol. The number of likely N-dealkylation sites (N-methyl/N-ethyl adjacent to an activating group) is 1. The van der Waals surface area contributed by atoms with Crippen molar-refractivity contribution in [2.24, 2.45) is 5.41 Å². The third-order valence-corrected chi connectivity index (χ3v) is 4.40. The molecule has 0 amide bonds. The highest BCUT2D eigenvalue weighted by Gasteiger charge is 2.16. The highest BCUT2D eigenvalue weighted by molar-refractivity contribution is 5.43. The van der Waals surface area contributed by atoms with E-state index in [2.05, 4.69) is 24.1 Å². The Morgan fingerprint density at radius 2 is 1.92 bits per heavy atom. The summed E-state index contributed by atoms with van der Waals surface area (Å²) in [6, 6.07) is 6.15. The van der Waals surface area contributed by atoms with E-state index in [9.17, 15) is 10.2 Å². The Bertz CT molecular complexity index is 535. The molecule has 0 bridgehead atoms. The van der Waals surface area contributed by atoms with Gasteiger partial charge in [-0.05, 0) is 38.6 Å². The SMILES string of the molecule is COc1ccc(CNCC(C)(C)CO)cc1OCC(O)CN(C)C(C)C. The molecule has 0 radical (unpaired) electrons. The molecule has 150 valence electrons. The Labute approximate surface area is 158 Å². The Balaban J connectivity index is 2.63. The molecule has 1 unspecified atom stereocenters. The van der Waals surface area contributed by atoms with Crippen molar-refractivity contribution in [3.63, 3.8) is 0 Å². The molecule has 1 aromatic carbocycles. The smallest absolute Gasteiger partial charge is 0.161 e. The maximum Gasteiger partial charge on any atom is 0.161 e. The molecule has 0 saturated carbocycles. The van der Waals surface area contributed by atoms with Gasteiger partial charge in [0.05, 0.1) is 7.11 Å². The van der Waals surface area contributed by atoms with E-state index < -0.39 is 6.10 Å². The number of benzene rings is 1. The van der Waals surface area contributed by atoms with Crippen molar-refractivity contribution in [2.45, 2.75) is 46.4 Å². The van der Waals surface area contributed by atoms with Gasteiger partial charge in [-0.1, -0.05) is 19.9 Å².